The maximum absolute atomic E-state index is 13.1. The summed E-state index contributed by atoms with van der Waals surface area (Å²) >= 11 is 5.92. The summed E-state index contributed by atoms with van der Waals surface area (Å²) in [7, 11) is 0. The predicted molar refractivity (Wildman–Crippen MR) is 133 cm³/mol. The first-order chi connectivity index (χ1) is 16.8. The third-order valence-corrected chi connectivity index (χ3v) is 6.53. The lowest BCUT2D eigenvalue weighted by Gasteiger charge is -2.13. The van der Waals surface area contributed by atoms with E-state index in [0.717, 1.165) is 5.56 Å². The van der Waals surface area contributed by atoms with E-state index in [9.17, 15) is 15.3 Å². The number of hydrogen-bond acceptors (Lipinski definition) is 5. The first-order valence-corrected chi connectivity index (χ1v) is 11.5. The van der Waals surface area contributed by atoms with Gasteiger partial charge in [-0.25, -0.2) is 0 Å². The third-order valence-electron chi connectivity index (χ3n) is 6.28. The number of nitrogens with zero attached hydrogens (tertiary/aromatic N) is 2. The lowest BCUT2D eigenvalue weighted by atomic mass is 10.0. The molecule has 0 bridgehead atoms. The number of allylic oxidation sites excluding steroid dienone is 2. The van der Waals surface area contributed by atoms with Gasteiger partial charge in [-0.2, -0.15) is 10.5 Å². The maximum atomic E-state index is 13.1. The summed E-state index contributed by atoms with van der Waals surface area (Å²) < 4.78 is 11.5. The summed E-state index contributed by atoms with van der Waals surface area (Å²) in [4.78, 5) is 13.1. The molecule has 3 aromatic carbocycles. The second kappa shape index (κ2) is 10.1. The van der Waals surface area contributed by atoms with Crippen LogP contribution in [0.4, 0.5) is 0 Å². The fourth-order valence-electron chi connectivity index (χ4n) is 4.17. The molecule has 6 heteroatoms. The fourth-order valence-corrected chi connectivity index (χ4v) is 4.30. The summed E-state index contributed by atoms with van der Waals surface area (Å²) in [5.41, 5.74) is 1.45. The Hall–Kier alpha value is -4.06. The van der Waals surface area contributed by atoms with Crippen LogP contribution in [0.1, 0.15) is 31.1 Å². The lowest BCUT2D eigenvalue weighted by molar-refractivity contribution is -0.149. The Morgan fingerprint density at radius 2 is 1.71 bits per heavy atom. The van der Waals surface area contributed by atoms with Crippen molar-refractivity contribution in [3.8, 4) is 23.6 Å². The Morgan fingerprint density at radius 3 is 2.37 bits per heavy atom. The molecule has 0 aliphatic heterocycles. The largest absolute Gasteiger partial charge is 0.457 e. The van der Waals surface area contributed by atoms with Crippen LogP contribution in [0.2, 0.25) is 5.02 Å². The van der Waals surface area contributed by atoms with Crippen molar-refractivity contribution >= 4 is 23.1 Å². The zero-order valence-corrected chi connectivity index (χ0v) is 20.1. The molecule has 5 nitrogen and oxygen atoms in total. The summed E-state index contributed by atoms with van der Waals surface area (Å²) in [5, 5.41) is 20.0. The number of esters is 1. The lowest BCUT2D eigenvalue weighted by Crippen LogP contribution is -2.14. The topological polar surface area (TPSA) is 83.1 Å². The molecule has 0 amide bonds. The number of carbonyl (C=O) groups is 1. The number of hydrogen-bond donors (Lipinski definition) is 0. The van der Waals surface area contributed by atoms with Gasteiger partial charge in [0.25, 0.3) is 0 Å². The Morgan fingerprint density at radius 1 is 1.00 bits per heavy atom. The number of halogens is 1. The van der Waals surface area contributed by atoms with Crippen LogP contribution in [0, 0.1) is 39.9 Å². The van der Waals surface area contributed by atoms with Gasteiger partial charge >= 0.3 is 5.97 Å². The van der Waals surface area contributed by atoms with Crippen molar-refractivity contribution in [1.29, 1.82) is 10.5 Å². The van der Waals surface area contributed by atoms with Crippen molar-refractivity contribution < 1.29 is 14.3 Å². The highest BCUT2D eigenvalue weighted by Gasteiger charge is 2.62. The van der Waals surface area contributed by atoms with E-state index < -0.39 is 18.0 Å². The van der Waals surface area contributed by atoms with Crippen molar-refractivity contribution in [2.24, 2.45) is 17.3 Å². The molecule has 0 saturated heterocycles. The Bertz CT molecular complexity index is 1330. The summed E-state index contributed by atoms with van der Waals surface area (Å²) in [5.74, 6) is 0.0354. The van der Waals surface area contributed by atoms with E-state index in [1.54, 1.807) is 48.5 Å². The minimum atomic E-state index is -1.08. The van der Waals surface area contributed by atoms with Gasteiger partial charge in [0.1, 0.15) is 17.6 Å². The second-order valence-electron chi connectivity index (χ2n) is 8.96. The van der Waals surface area contributed by atoms with Gasteiger partial charge in [0.15, 0.2) is 0 Å². The van der Waals surface area contributed by atoms with Crippen LogP contribution in [0.3, 0.4) is 0 Å². The highest BCUT2D eigenvalue weighted by Crippen LogP contribution is 2.60. The number of benzene rings is 3. The standard InChI is InChI=1S/C29H23ClN2O3/c1-29(2)25(16-21(17-31)19-7-4-3-5-8-19)27(29)28(33)35-26(18-32)20-9-6-10-24(15-20)34-23-13-11-22(30)12-14-23/h3-16,25-27H,1-2H3/b21-16+. The average Bonchev–Trinajstić information content (AvgIpc) is 3.42. The molecule has 0 aromatic heterocycles. The quantitative estimate of drug-likeness (QED) is 0.264. The Balaban J connectivity index is 1.48. The molecule has 0 spiro atoms. The smallest absolute Gasteiger partial charge is 0.311 e. The summed E-state index contributed by atoms with van der Waals surface area (Å²) in [6.07, 6.45) is 0.755. The highest BCUT2D eigenvalue weighted by atomic mass is 35.5. The predicted octanol–water partition coefficient (Wildman–Crippen LogP) is 7.12. The minimum absolute atomic E-state index is 0.163. The molecule has 35 heavy (non-hydrogen) atoms. The average molecular weight is 483 g/mol. The molecule has 4 rings (SSSR count). The Kier molecular flexibility index (Phi) is 6.92. The second-order valence-corrected chi connectivity index (χ2v) is 9.39. The van der Waals surface area contributed by atoms with E-state index in [1.165, 1.54) is 0 Å². The van der Waals surface area contributed by atoms with Crippen molar-refractivity contribution in [1.82, 2.24) is 0 Å². The first kappa shape index (κ1) is 24.1. The maximum Gasteiger partial charge on any atom is 0.311 e. The number of nitriles is 2. The first-order valence-electron chi connectivity index (χ1n) is 11.1. The Labute approximate surface area is 209 Å². The van der Waals surface area contributed by atoms with Crippen LogP contribution >= 0.6 is 11.6 Å². The van der Waals surface area contributed by atoms with E-state index >= 15 is 0 Å². The molecule has 0 heterocycles. The van der Waals surface area contributed by atoms with Crippen molar-refractivity contribution in [2.45, 2.75) is 20.0 Å². The third kappa shape index (κ3) is 5.38. The van der Waals surface area contributed by atoms with Gasteiger partial charge in [-0.15, -0.1) is 0 Å². The monoisotopic (exact) mass is 482 g/mol. The molecule has 3 unspecified atom stereocenters. The summed E-state index contributed by atoms with van der Waals surface area (Å²) in [6.45, 7) is 3.92. The van der Waals surface area contributed by atoms with Gasteiger partial charge in [0.05, 0.1) is 17.6 Å². The van der Waals surface area contributed by atoms with Crippen LogP contribution in [0.15, 0.2) is 84.9 Å². The van der Waals surface area contributed by atoms with Gasteiger partial charge < -0.3 is 9.47 Å². The molecule has 3 atom stereocenters. The van der Waals surface area contributed by atoms with Gasteiger partial charge in [0, 0.05) is 10.6 Å². The van der Waals surface area contributed by atoms with Gasteiger partial charge in [-0.1, -0.05) is 74.0 Å². The van der Waals surface area contributed by atoms with Gasteiger partial charge in [-0.3, -0.25) is 4.79 Å². The molecular formula is C29H23ClN2O3. The van der Waals surface area contributed by atoms with E-state index in [4.69, 9.17) is 21.1 Å². The van der Waals surface area contributed by atoms with Crippen molar-refractivity contribution in [3.05, 3.63) is 101 Å². The van der Waals surface area contributed by atoms with E-state index in [2.05, 4.69) is 12.1 Å². The number of carbonyl (C=O) groups excluding carboxylic acids is 1. The van der Waals surface area contributed by atoms with E-state index in [0.29, 0.717) is 27.7 Å². The van der Waals surface area contributed by atoms with Crippen LogP contribution in [-0.4, -0.2) is 5.97 Å². The molecule has 174 valence electrons. The molecule has 1 aliphatic carbocycles. The molecule has 1 saturated carbocycles. The highest BCUT2D eigenvalue weighted by molar-refractivity contribution is 6.30. The minimum Gasteiger partial charge on any atom is -0.457 e. The van der Waals surface area contributed by atoms with Crippen LogP contribution in [0.25, 0.3) is 5.57 Å². The molecule has 1 fully saturated rings. The normalized spacial score (nSPS) is 19.1. The molecule has 0 radical (unpaired) electrons. The number of ether oxygens (including phenoxy) is 2. The van der Waals surface area contributed by atoms with Gasteiger partial charge in [-0.05, 0) is 53.3 Å². The van der Waals surface area contributed by atoms with Crippen molar-refractivity contribution in [3.63, 3.8) is 0 Å². The fraction of sp³-hybridized carbons (Fsp3) is 0.207. The van der Waals surface area contributed by atoms with Crippen molar-refractivity contribution in [2.75, 3.05) is 0 Å². The molecular weight excluding hydrogens is 460 g/mol. The molecule has 0 N–H and O–H groups in total. The molecule has 1 aliphatic rings. The SMILES string of the molecule is CC1(C)C(/C=C(\C#N)c2ccccc2)C1C(=O)OC(C#N)c1cccc(Oc2ccc(Cl)cc2)c1. The number of rotatable bonds is 7. The zero-order chi connectivity index (χ0) is 25.0. The van der Waals surface area contributed by atoms with Crippen LogP contribution < -0.4 is 4.74 Å². The molecule has 3 aromatic rings. The van der Waals surface area contributed by atoms with E-state index in [1.807, 2.05) is 50.3 Å². The van der Waals surface area contributed by atoms with E-state index in [-0.39, 0.29) is 11.3 Å². The van der Waals surface area contributed by atoms with Crippen LogP contribution in [-0.2, 0) is 9.53 Å². The summed E-state index contributed by atoms with van der Waals surface area (Å²) in [6, 6.07) is 27.5. The van der Waals surface area contributed by atoms with Gasteiger partial charge in [0.2, 0.25) is 6.10 Å². The zero-order valence-electron chi connectivity index (χ0n) is 19.3. The van der Waals surface area contributed by atoms with Crippen LogP contribution in [0.5, 0.6) is 11.5 Å².